The Morgan fingerprint density at radius 2 is 1.91 bits per heavy atom. The van der Waals surface area contributed by atoms with Crippen LogP contribution in [0.25, 0.3) is 11.2 Å². The van der Waals surface area contributed by atoms with Gasteiger partial charge >= 0.3 is 0 Å². The molecule has 1 saturated heterocycles. The lowest BCUT2D eigenvalue weighted by Crippen LogP contribution is -2.34. The first-order chi connectivity index (χ1) is 17.1. The second-order valence-electron chi connectivity index (χ2n) is 10.6. The minimum atomic E-state index is 0.310. The Labute approximate surface area is 209 Å². The van der Waals surface area contributed by atoms with Gasteiger partial charge in [-0.15, -0.1) is 0 Å². The summed E-state index contributed by atoms with van der Waals surface area (Å²) in [6, 6.07) is 0.462. The van der Waals surface area contributed by atoms with E-state index < -0.39 is 0 Å². The van der Waals surface area contributed by atoms with Crippen LogP contribution in [-0.2, 0) is 4.74 Å². The Bertz CT molecular complexity index is 1060. The molecule has 2 fully saturated rings. The third-order valence-electron chi connectivity index (χ3n) is 7.94. The maximum Gasteiger partial charge on any atom is 0.231 e. The molecule has 8 nitrogen and oxygen atoms in total. The summed E-state index contributed by atoms with van der Waals surface area (Å²) in [7, 11) is 0. The van der Waals surface area contributed by atoms with Gasteiger partial charge in [-0.05, 0) is 69.8 Å². The Morgan fingerprint density at radius 3 is 2.66 bits per heavy atom. The first-order valence-corrected chi connectivity index (χ1v) is 13.6. The zero-order valence-electron chi connectivity index (χ0n) is 21.6. The van der Waals surface area contributed by atoms with E-state index in [1.54, 1.807) is 6.33 Å². The highest BCUT2D eigenvalue weighted by Crippen LogP contribution is 2.32. The van der Waals surface area contributed by atoms with Gasteiger partial charge in [-0.1, -0.05) is 33.1 Å². The summed E-state index contributed by atoms with van der Waals surface area (Å²) in [5.74, 6) is 3.52. The molecule has 3 heterocycles. The van der Waals surface area contributed by atoms with Crippen molar-refractivity contribution in [3.63, 3.8) is 0 Å². The first-order valence-electron chi connectivity index (χ1n) is 13.6. The van der Waals surface area contributed by atoms with E-state index in [0.29, 0.717) is 29.5 Å². The van der Waals surface area contributed by atoms with Gasteiger partial charge < -0.3 is 25.3 Å². The van der Waals surface area contributed by atoms with Gasteiger partial charge in [0, 0.05) is 24.1 Å². The van der Waals surface area contributed by atoms with Crippen molar-refractivity contribution in [1.82, 2.24) is 24.8 Å². The molecule has 5 rings (SSSR count). The lowest BCUT2D eigenvalue weighted by molar-refractivity contribution is 0.103. The van der Waals surface area contributed by atoms with Gasteiger partial charge in [0.25, 0.3) is 0 Å². The van der Waals surface area contributed by atoms with Crippen molar-refractivity contribution < 1.29 is 4.74 Å². The van der Waals surface area contributed by atoms with E-state index >= 15 is 0 Å². The molecule has 190 valence electrons. The first kappa shape index (κ1) is 24.1. The predicted molar refractivity (Wildman–Crippen MR) is 141 cm³/mol. The van der Waals surface area contributed by atoms with Gasteiger partial charge in [0.05, 0.1) is 18.7 Å². The van der Waals surface area contributed by atoms with Gasteiger partial charge in [0.2, 0.25) is 5.95 Å². The highest BCUT2D eigenvalue weighted by atomic mass is 16.5. The summed E-state index contributed by atoms with van der Waals surface area (Å²) >= 11 is 0. The minimum absolute atomic E-state index is 0.310. The monoisotopic (exact) mass is 479 g/mol. The fourth-order valence-electron chi connectivity index (χ4n) is 5.74. The second kappa shape index (κ2) is 11.0. The van der Waals surface area contributed by atoms with E-state index in [1.165, 1.54) is 63.6 Å². The molecule has 0 radical (unpaired) electrons. The van der Waals surface area contributed by atoms with Gasteiger partial charge in [0.15, 0.2) is 11.5 Å². The van der Waals surface area contributed by atoms with Crippen LogP contribution >= 0.6 is 0 Å². The number of likely N-dealkylation sites (tertiary alicyclic amines) is 1. The topological polar surface area (TPSA) is 91.0 Å². The largest absolute Gasteiger partial charge is 0.498 e. The van der Waals surface area contributed by atoms with Crippen molar-refractivity contribution in [2.45, 2.75) is 78.2 Å². The summed E-state index contributed by atoms with van der Waals surface area (Å²) in [6.07, 6.45) is 13.5. The molecule has 0 bridgehead atoms. The molecule has 2 aromatic rings. The number of allylic oxidation sites excluding steroid dienone is 4. The van der Waals surface area contributed by atoms with E-state index in [1.807, 2.05) is 0 Å². The van der Waals surface area contributed by atoms with Crippen LogP contribution in [0.4, 0.5) is 11.8 Å². The third-order valence-corrected chi connectivity index (χ3v) is 7.94. The highest BCUT2D eigenvalue weighted by Gasteiger charge is 2.24. The number of hydrogen-bond donors (Lipinski definition) is 3. The number of fused-ring (bicyclic) bond motifs is 1. The molecule has 0 aromatic carbocycles. The maximum atomic E-state index is 6.31. The predicted octanol–water partition coefficient (Wildman–Crippen LogP) is 5.46. The Hall–Kier alpha value is -2.61. The normalized spacial score (nSPS) is 22.9. The molecule has 2 aromatic heterocycles. The molecule has 3 aliphatic rings. The number of aromatic nitrogens is 4. The van der Waals surface area contributed by atoms with Crippen LogP contribution < -0.4 is 10.6 Å². The number of ether oxygens (including phenoxy) is 1. The van der Waals surface area contributed by atoms with Crippen LogP contribution in [0.5, 0.6) is 0 Å². The Morgan fingerprint density at radius 1 is 1.11 bits per heavy atom. The molecule has 3 N–H and O–H groups in total. The second-order valence-corrected chi connectivity index (χ2v) is 10.6. The van der Waals surface area contributed by atoms with Gasteiger partial charge in [-0.3, -0.25) is 0 Å². The van der Waals surface area contributed by atoms with E-state index in [-0.39, 0.29) is 0 Å². The summed E-state index contributed by atoms with van der Waals surface area (Å²) < 4.78 is 6.31. The van der Waals surface area contributed by atoms with Gasteiger partial charge in [0.1, 0.15) is 5.52 Å². The van der Waals surface area contributed by atoms with Crippen molar-refractivity contribution in [1.29, 1.82) is 0 Å². The zero-order chi connectivity index (χ0) is 24.2. The number of hydrogen-bond acceptors (Lipinski definition) is 7. The number of nitrogens with zero attached hydrogens (tertiary/aromatic N) is 4. The van der Waals surface area contributed by atoms with Crippen LogP contribution in [0, 0.1) is 11.8 Å². The van der Waals surface area contributed by atoms with Crippen LogP contribution in [0.2, 0.25) is 0 Å². The third kappa shape index (κ3) is 5.80. The molecule has 2 aliphatic carbocycles. The SMILES string of the molecule is CCN1CCC(COC2=CC(C)=C(Nc3nc(NC4CCCCC4)c4[nH]cnc4n3)C(C)C2)CC1. The molecule has 8 heteroatoms. The molecule has 1 saturated carbocycles. The number of nitrogens with one attached hydrogen (secondary N) is 3. The summed E-state index contributed by atoms with van der Waals surface area (Å²) in [6.45, 7) is 11.0. The smallest absolute Gasteiger partial charge is 0.231 e. The van der Waals surface area contributed by atoms with Crippen LogP contribution in [0.1, 0.15) is 72.1 Å². The molecule has 0 amide bonds. The number of aromatic amines is 1. The molecule has 35 heavy (non-hydrogen) atoms. The fourth-order valence-corrected chi connectivity index (χ4v) is 5.74. The van der Waals surface area contributed by atoms with E-state index in [9.17, 15) is 0 Å². The lowest BCUT2D eigenvalue weighted by atomic mass is 9.92. The number of imidazole rings is 1. The van der Waals surface area contributed by atoms with E-state index in [0.717, 1.165) is 42.4 Å². The fraction of sp³-hybridized carbons (Fsp3) is 0.667. The number of piperidine rings is 1. The quantitative estimate of drug-likeness (QED) is 0.463. The zero-order valence-corrected chi connectivity index (χ0v) is 21.6. The maximum absolute atomic E-state index is 6.31. The molecule has 1 unspecified atom stereocenters. The van der Waals surface area contributed by atoms with Gasteiger partial charge in [-0.2, -0.15) is 9.97 Å². The van der Waals surface area contributed by atoms with Gasteiger partial charge in [-0.25, -0.2) is 4.98 Å². The van der Waals surface area contributed by atoms with Crippen molar-refractivity contribution in [2.24, 2.45) is 11.8 Å². The summed E-state index contributed by atoms with van der Waals surface area (Å²) in [5, 5.41) is 7.19. The molecular formula is C27H41N7O. The van der Waals surface area contributed by atoms with Crippen molar-refractivity contribution >= 4 is 22.9 Å². The average Bonchev–Trinajstić information content (AvgIpc) is 3.35. The van der Waals surface area contributed by atoms with Crippen molar-refractivity contribution in [2.75, 3.05) is 36.9 Å². The number of H-pyrrole nitrogens is 1. The Kier molecular flexibility index (Phi) is 7.56. The van der Waals surface area contributed by atoms with E-state index in [4.69, 9.17) is 9.72 Å². The number of rotatable bonds is 8. The van der Waals surface area contributed by atoms with Crippen LogP contribution in [0.3, 0.4) is 0 Å². The average molecular weight is 480 g/mol. The van der Waals surface area contributed by atoms with Crippen molar-refractivity contribution in [3.05, 3.63) is 29.4 Å². The van der Waals surface area contributed by atoms with E-state index in [2.05, 4.69) is 57.3 Å². The van der Waals surface area contributed by atoms with Crippen molar-refractivity contribution in [3.8, 4) is 0 Å². The minimum Gasteiger partial charge on any atom is -0.498 e. The van der Waals surface area contributed by atoms with Crippen LogP contribution in [-0.4, -0.2) is 57.1 Å². The molecule has 0 spiro atoms. The standard InChI is InChI=1S/C27H41N7O/c1-4-34-12-10-20(11-13-34)16-35-22-14-18(2)23(19(3)15-22)31-27-32-25-24(28-17-29-25)26(33-27)30-21-8-6-5-7-9-21/h14,17,19-21H,4-13,15-16H2,1-3H3,(H3,28,29,30,31,32,33). The summed E-state index contributed by atoms with van der Waals surface area (Å²) in [4.78, 5) is 19.7. The number of anilines is 2. The molecule has 1 aliphatic heterocycles. The molecular weight excluding hydrogens is 438 g/mol. The highest BCUT2D eigenvalue weighted by molar-refractivity contribution is 5.84. The Balaban J connectivity index is 1.26. The summed E-state index contributed by atoms with van der Waals surface area (Å²) in [5.41, 5.74) is 3.92. The lowest BCUT2D eigenvalue weighted by Gasteiger charge is -2.32. The van der Waals surface area contributed by atoms with Crippen LogP contribution in [0.15, 0.2) is 29.4 Å². The molecule has 1 atom stereocenters.